The fourth-order valence-electron chi connectivity index (χ4n) is 4.09. The molecule has 1 heterocycles. The largest absolute Gasteiger partial charge is 0.312 e. The molecule has 1 aliphatic heterocycles. The van der Waals surface area contributed by atoms with Gasteiger partial charge in [0.05, 0.1) is 11.8 Å². The minimum Gasteiger partial charge on any atom is -0.312 e. The van der Waals surface area contributed by atoms with E-state index < -0.39 is 0 Å². The molecule has 0 bridgehead atoms. The van der Waals surface area contributed by atoms with E-state index in [0.717, 1.165) is 6.54 Å². The summed E-state index contributed by atoms with van der Waals surface area (Å²) in [5.41, 5.74) is -0.0839. The highest BCUT2D eigenvalue weighted by molar-refractivity contribution is 6.10. The second-order valence-electron chi connectivity index (χ2n) is 7.25. The van der Waals surface area contributed by atoms with E-state index in [1.54, 1.807) is 0 Å². The number of hydrogen-bond donors (Lipinski definition) is 1. The van der Waals surface area contributed by atoms with Crippen LogP contribution in [0.2, 0.25) is 0 Å². The smallest absolute Gasteiger partial charge is 0.233 e. The van der Waals surface area contributed by atoms with Gasteiger partial charge in [-0.1, -0.05) is 39.5 Å². The molecule has 3 aliphatic rings. The summed E-state index contributed by atoms with van der Waals surface area (Å²) in [6, 6.07) is 0.580. The highest BCUT2D eigenvalue weighted by Gasteiger charge is 2.72. The molecule has 0 aromatic carbocycles. The fraction of sp³-hybridized carbons (Fsp3) is 0.875. The zero-order chi connectivity index (χ0) is 14.3. The first-order valence-electron chi connectivity index (χ1n) is 8.12. The average Bonchev–Trinajstić information content (AvgIpc) is 2.98. The van der Waals surface area contributed by atoms with E-state index in [4.69, 9.17) is 0 Å². The van der Waals surface area contributed by atoms with Gasteiger partial charge >= 0.3 is 0 Å². The van der Waals surface area contributed by atoms with Gasteiger partial charge in [-0.15, -0.1) is 0 Å². The number of nitrogens with one attached hydrogen (secondary N) is 1. The van der Waals surface area contributed by atoms with Crippen molar-refractivity contribution in [1.82, 2.24) is 10.2 Å². The van der Waals surface area contributed by atoms with Crippen molar-refractivity contribution in [3.8, 4) is 0 Å². The molecule has 0 aromatic heterocycles. The van der Waals surface area contributed by atoms with Crippen LogP contribution in [0.15, 0.2) is 0 Å². The highest BCUT2D eigenvalue weighted by Crippen LogP contribution is 2.63. The molecule has 0 spiro atoms. The summed E-state index contributed by atoms with van der Waals surface area (Å²) in [7, 11) is 0. The molecule has 4 heteroatoms. The summed E-state index contributed by atoms with van der Waals surface area (Å²) in [5.74, 6) is 0.0566. The quantitative estimate of drug-likeness (QED) is 0.631. The Morgan fingerprint density at radius 1 is 1.05 bits per heavy atom. The van der Waals surface area contributed by atoms with Gasteiger partial charge in [-0.3, -0.25) is 14.5 Å². The fourth-order valence-corrected chi connectivity index (χ4v) is 4.09. The van der Waals surface area contributed by atoms with Crippen LogP contribution in [0.3, 0.4) is 0 Å². The van der Waals surface area contributed by atoms with Crippen molar-refractivity contribution in [3.63, 3.8) is 0 Å². The molecule has 1 saturated heterocycles. The van der Waals surface area contributed by atoms with E-state index in [2.05, 4.69) is 5.32 Å². The van der Waals surface area contributed by atoms with Crippen LogP contribution in [0.4, 0.5) is 0 Å². The van der Waals surface area contributed by atoms with Gasteiger partial charge in [-0.25, -0.2) is 0 Å². The van der Waals surface area contributed by atoms with Crippen molar-refractivity contribution in [1.29, 1.82) is 0 Å². The molecule has 112 valence electrons. The maximum Gasteiger partial charge on any atom is 0.233 e. The van der Waals surface area contributed by atoms with Crippen molar-refractivity contribution < 1.29 is 9.59 Å². The second kappa shape index (κ2) is 5.14. The first-order chi connectivity index (χ1) is 9.53. The van der Waals surface area contributed by atoms with Crippen LogP contribution in [0.25, 0.3) is 0 Å². The van der Waals surface area contributed by atoms with E-state index in [1.165, 1.54) is 43.4 Å². The molecule has 2 amide bonds. The molecule has 4 nitrogen and oxygen atoms in total. The average molecular weight is 278 g/mol. The lowest BCUT2D eigenvalue weighted by Gasteiger charge is -2.22. The minimum atomic E-state index is -0.0839. The number of carbonyl (C=O) groups excluding carboxylic acids is 2. The number of amides is 2. The predicted octanol–water partition coefficient (Wildman–Crippen LogP) is 1.94. The van der Waals surface area contributed by atoms with Gasteiger partial charge in [-0.05, 0) is 18.3 Å². The maximum absolute atomic E-state index is 12.2. The number of likely N-dealkylation sites (tertiary alicyclic amines) is 1. The Bertz CT molecular complexity index is 387. The molecular formula is C16H26N2O2. The maximum atomic E-state index is 12.2. The van der Waals surface area contributed by atoms with E-state index >= 15 is 0 Å². The summed E-state index contributed by atoms with van der Waals surface area (Å²) < 4.78 is 0. The summed E-state index contributed by atoms with van der Waals surface area (Å²) in [4.78, 5) is 25.9. The lowest BCUT2D eigenvalue weighted by molar-refractivity contribution is -0.142. The van der Waals surface area contributed by atoms with Crippen LogP contribution < -0.4 is 5.32 Å². The molecule has 2 aliphatic carbocycles. The first-order valence-corrected chi connectivity index (χ1v) is 8.12. The Balaban J connectivity index is 1.46. The van der Waals surface area contributed by atoms with Gasteiger partial charge in [0, 0.05) is 19.1 Å². The lowest BCUT2D eigenvalue weighted by Crippen LogP contribution is -2.42. The molecule has 3 rings (SSSR count). The summed E-state index contributed by atoms with van der Waals surface area (Å²) >= 11 is 0. The highest BCUT2D eigenvalue weighted by atomic mass is 16.2. The third-order valence-corrected chi connectivity index (χ3v) is 5.52. The summed E-state index contributed by atoms with van der Waals surface area (Å²) in [5, 5.41) is 3.53. The van der Waals surface area contributed by atoms with Gasteiger partial charge in [-0.2, -0.15) is 0 Å². The molecule has 0 radical (unpaired) electrons. The van der Waals surface area contributed by atoms with Gasteiger partial charge in [0.1, 0.15) is 0 Å². The Morgan fingerprint density at radius 2 is 1.60 bits per heavy atom. The van der Waals surface area contributed by atoms with E-state index in [1.807, 2.05) is 13.8 Å². The Labute approximate surface area is 121 Å². The topological polar surface area (TPSA) is 49.4 Å². The zero-order valence-electron chi connectivity index (χ0n) is 12.7. The van der Waals surface area contributed by atoms with Gasteiger partial charge < -0.3 is 5.32 Å². The van der Waals surface area contributed by atoms with E-state index in [0.29, 0.717) is 12.6 Å². The zero-order valence-corrected chi connectivity index (χ0v) is 12.7. The molecule has 1 N–H and O–H groups in total. The first kappa shape index (κ1) is 14.1. The Kier molecular flexibility index (Phi) is 3.61. The van der Waals surface area contributed by atoms with Crippen LogP contribution >= 0.6 is 0 Å². The van der Waals surface area contributed by atoms with Crippen LogP contribution in [-0.4, -0.2) is 35.8 Å². The van der Waals surface area contributed by atoms with Crippen molar-refractivity contribution in [2.75, 3.05) is 13.1 Å². The standard InChI is InChI=1S/C16H26N2O2/c1-16(2)12-13(16)15(20)18(14(12)19)10-9-17-11-7-5-3-4-6-8-11/h11-13,17H,3-10H2,1-2H3. The van der Waals surface area contributed by atoms with Gasteiger partial charge in [0.15, 0.2) is 0 Å². The number of hydrogen-bond acceptors (Lipinski definition) is 3. The molecule has 2 unspecified atom stereocenters. The lowest BCUT2D eigenvalue weighted by atomic mass is 10.1. The van der Waals surface area contributed by atoms with E-state index in [-0.39, 0.29) is 29.1 Å². The van der Waals surface area contributed by atoms with E-state index in [9.17, 15) is 9.59 Å². The molecule has 2 atom stereocenters. The van der Waals surface area contributed by atoms with Crippen molar-refractivity contribution in [3.05, 3.63) is 0 Å². The van der Waals surface area contributed by atoms with Gasteiger partial charge in [0.25, 0.3) is 0 Å². The molecule has 2 saturated carbocycles. The number of carbonyl (C=O) groups is 2. The second-order valence-corrected chi connectivity index (χ2v) is 7.25. The Morgan fingerprint density at radius 3 is 2.15 bits per heavy atom. The molecule has 3 fully saturated rings. The minimum absolute atomic E-state index is 0.0344. The molecule has 0 aromatic rings. The third-order valence-electron chi connectivity index (χ3n) is 5.52. The summed E-state index contributed by atoms with van der Waals surface area (Å²) in [6.45, 7) is 5.36. The SMILES string of the molecule is CC1(C)C2C(=O)N(CCNC3CCCCCC3)C(=O)C21. The van der Waals surface area contributed by atoms with Crippen molar-refractivity contribution >= 4 is 11.8 Å². The predicted molar refractivity (Wildman–Crippen MR) is 77.0 cm³/mol. The van der Waals surface area contributed by atoms with Crippen LogP contribution in [0, 0.1) is 17.3 Å². The monoisotopic (exact) mass is 278 g/mol. The van der Waals surface area contributed by atoms with Crippen LogP contribution in [0.5, 0.6) is 0 Å². The number of fused-ring (bicyclic) bond motifs is 1. The van der Waals surface area contributed by atoms with Crippen molar-refractivity contribution in [2.45, 2.75) is 58.4 Å². The number of rotatable bonds is 4. The summed E-state index contributed by atoms with van der Waals surface area (Å²) in [6.07, 6.45) is 7.77. The van der Waals surface area contributed by atoms with Gasteiger partial charge in [0.2, 0.25) is 11.8 Å². The van der Waals surface area contributed by atoms with Crippen LogP contribution in [0.1, 0.15) is 52.4 Å². The normalized spacial score (nSPS) is 33.2. The third kappa shape index (κ3) is 2.28. The number of imide groups is 1. The Hall–Kier alpha value is -0.900. The molecular weight excluding hydrogens is 252 g/mol. The van der Waals surface area contributed by atoms with Crippen molar-refractivity contribution in [2.24, 2.45) is 17.3 Å². The van der Waals surface area contributed by atoms with Crippen LogP contribution in [-0.2, 0) is 9.59 Å². The number of piperidine rings is 1. The number of nitrogens with zero attached hydrogens (tertiary/aromatic N) is 1. The molecule has 20 heavy (non-hydrogen) atoms.